The lowest BCUT2D eigenvalue weighted by Gasteiger charge is -2.48. The smallest absolute Gasteiger partial charge is 0.273 e. The first-order valence-electron chi connectivity index (χ1n) is 9.15. The molecule has 2 aromatic heterocycles. The molecule has 4 heterocycles. The molecule has 1 amide bonds. The number of morpholine rings is 1. The highest BCUT2D eigenvalue weighted by Crippen LogP contribution is 2.38. The van der Waals surface area contributed by atoms with E-state index in [2.05, 4.69) is 19.9 Å². The number of amides is 1. The minimum absolute atomic E-state index is 0.00312. The molecule has 0 bridgehead atoms. The molecular weight excluding hydrogens is 350 g/mol. The van der Waals surface area contributed by atoms with Gasteiger partial charge in [0.2, 0.25) is 0 Å². The summed E-state index contributed by atoms with van der Waals surface area (Å²) >= 11 is 1.41. The standard InChI is InChI=1S/C18H21N5O2S/c24-18(14-11-26-17(21-14)16-19-4-1-5-20-16)22-6-7-23-13(8-22)9-25-10-15(23)12-2-3-12/h1,4-5,11-13,15H,2-3,6-10H2/t13-,15-/m1/s1. The largest absolute Gasteiger partial charge is 0.378 e. The molecule has 5 rings (SSSR count). The first-order valence-corrected chi connectivity index (χ1v) is 10.0. The predicted octanol–water partition coefficient (Wildman–Crippen LogP) is 1.54. The summed E-state index contributed by atoms with van der Waals surface area (Å²) in [5, 5.41) is 2.49. The second-order valence-electron chi connectivity index (χ2n) is 7.20. The van der Waals surface area contributed by atoms with Gasteiger partial charge in [0, 0.05) is 43.4 Å². The van der Waals surface area contributed by atoms with Crippen LogP contribution in [0.4, 0.5) is 0 Å². The molecule has 26 heavy (non-hydrogen) atoms. The van der Waals surface area contributed by atoms with Gasteiger partial charge in [0.1, 0.15) is 5.69 Å². The van der Waals surface area contributed by atoms with E-state index in [0.29, 0.717) is 35.2 Å². The summed E-state index contributed by atoms with van der Waals surface area (Å²) in [6.45, 7) is 3.97. The average Bonchev–Trinajstić information content (AvgIpc) is 3.43. The lowest BCUT2D eigenvalue weighted by Crippen LogP contribution is -2.63. The van der Waals surface area contributed by atoms with Gasteiger partial charge < -0.3 is 9.64 Å². The van der Waals surface area contributed by atoms with Crippen LogP contribution >= 0.6 is 11.3 Å². The van der Waals surface area contributed by atoms with Crippen molar-refractivity contribution >= 4 is 17.2 Å². The summed E-state index contributed by atoms with van der Waals surface area (Å²) in [5.41, 5.74) is 0.487. The van der Waals surface area contributed by atoms with Crippen LogP contribution in [0, 0.1) is 5.92 Å². The Balaban J connectivity index is 1.29. The summed E-state index contributed by atoms with van der Waals surface area (Å²) in [5.74, 6) is 1.36. The maximum Gasteiger partial charge on any atom is 0.273 e. The minimum Gasteiger partial charge on any atom is -0.378 e. The van der Waals surface area contributed by atoms with Crippen molar-refractivity contribution in [3.05, 3.63) is 29.5 Å². The van der Waals surface area contributed by atoms with E-state index < -0.39 is 0 Å². The third-order valence-corrected chi connectivity index (χ3v) is 6.33. The second kappa shape index (κ2) is 6.68. The second-order valence-corrected chi connectivity index (χ2v) is 8.05. The maximum absolute atomic E-state index is 12.9. The van der Waals surface area contributed by atoms with Crippen LogP contribution in [0.15, 0.2) is 23.8 Å². The van der Waals surface area contributed by atoms with Gasteiger partial charge in [0.05, 0.1) is 19.3 Å². The van der Waals surface area contributed by atoms with E-state index in [0.717, 1.165) is 32.2 Å². The number of hydrogen-bond acceptors (Lipinski definition) is 7. The number of carbonyl (C=O) groups is 1. The number of fused-ring (bicyclic) bond motifs is 1. The number of nitrogens with zero attached hydrogens (tertiary/aromatic N) is 5. The molecule has 2 aliphatic heterocycles. The molecule has 2 atom stereocenters. The van der Waals surface area contributed by atoms with E-state index in [1.54, 1.807) is 18.5 Å². The Morgan fingerprint density at radius 2 is 2.04 bits per heavy atom. The highest BCUT2D eigenvalue weighted by molar-refractivity contribution is 7.13. The van der Waals surface area contributed by atoms with Crippen molar-refractivity contribution in [2.45, 2.75) is 24.9 Å². The van der Waals surface area contributed by atoms with Gasteiger partial charge in [-0.25, -0.2) is 15.0 Å². The number of carbonyl (C=O) groups excluding carboxylic acids is 1. The number of rotatable bonds is 3. The first-order chi connectivity index (χ1) is 12.8. The van der Waals surface area contributed by atoms with Crippen molar-refractivity contribution in [1.82, 2.24) is 24.8 Å². The van der Waals surface area contributed by atoms with Gasteiger partial charge in [-0.1, -0.05) is 0 Å². The Kier molecular flexibility index (Phi) is 4.18. The van der Waals surface area contributed by atoms with Crippen LogP contribution < -0.4 is 0 Å². The summed E-state index contributed by atoms with van der Waals surface area (Å²) in [6, 6.07) is 2.62. The van der Waals surface area contributed by atoms with Gasteiger partial charge in [-0.3, -0.25) is 9.69 Å². The van der Waals surface area contributed by atoms with Crippen LogP contribution in [0.5, 0.6) is 0 Å². The van der Waals surface area contributed by atoms with E-state index in [-0.39, 0.29) is 5.91 Å². The van der Waals surface area contributed by atoms with Crippen LogP contribution in [0.3, 0.4) is 0 Å². The number of aromatic nitrogens is 3. The maximum atomic E-state index is 12.9. The Labute approximate surface area is 156 Å². The van der Waals surface area contributed by atoms with Crippen LogP contribution in [0.1, 0.15) is 23.3 Å². The Bertz CT molecular complexity index is 794. The topological polar surface area (TPSA) is 71.5 Å². The molecule has 8 heteroatoms. The van der Waals surface area contributed by atoms with Gasteiger partial charge in [0.25, 0.3) is 5.91 Å². The fourth-order valence-corrected chi connectivity index (χ4v) is 4.73. The molecule has 0 N–H and O–H groups in total. The van der Waals surface area contributed by atoms with E-state index >= 15 is 0 Å². The van der Waals surface area contributed by atoms with Crippen molar-refractivity contribution in [3.63, 3.8) is 0 Å². The average molecular weight is 371 g/mol. The molecule has 0 unspecified atom stereocenters. The van der Waals surface area contributed by atoms with Crippen molar-refractivity contribution in [2.24, 2.45) is 5.92 Å². The summed E-state index contributed by atoms with van der Waals surface area (Å²) in [4.78, 5) is 30.3. The zero-order valence-corrected chi connectivity index (χ0v) is 15.3. The van der Waals surface area contributed by atoms with Gasteiger partial charge >= 0.3 is 0 Å². The van der Waals surface area contributed by atoms with Crippen LogP contribution in [-0.2, 0) is 4.74 Å². The highest BCUT2D eigenvalue weighted by Gasteiger charge is 2.43. The predicted molar refractivity (Wildman–Crippen MR) is 96.9 cm³/mol. The zero-order chi connectivity index (χ0) is 17.5. The molecule has 2 aromatic rings. The van der Waals surface area contributed by atoms with Crippen molar-refractivity contribution in [1.29, 1.82) is 0 Å². The molecule has 0 spiro atoms. The quantitative estimate of drug-likeness (QED) is 0.815. The van der Waals surface area contributed by atoms with E-state index in [1.165, 1.54) is 24.2 Å². The molecule has 2 saturated heterocycles. The molecule has 0 aromatic carbocycles. The van der Waals surface area contributed by atoms with Gasteiger partial charge in [-0.05, 0) is 24.8 Å². The molecule has 1 aliphatic carbocycles. The number of thiazole rings is 1. The van der Waals surface area contributed by atoms with Crippen molar-refractivity contribution < 1.29 is 9.53 Å². The third-order valence-electron chi connectivity index (χ3n) is 5.49. The van der Waals surface area contributed by atoms with Crippen molar-refractivity contribution in [2.75, 3.05) is 32.8 Å². The lowest BCUT2D eigenvalue weighted by molar-refractivity contribution is -0.0816. The monoisotopic (exact) mass is 371 g/mol. The molecule has 7 nitrogen and oxygen atoms in total. The molecule has 1 saturated carbocycles. The first kappa shape index (κ1) is 16.3. The minimum atomic E-state index is -0.00312. The van der Waals surface area contributed by atoms with E-state index in [4.69, 9.17) is 4.74 Å². The zero-order valence-electron chi connectivity index (χ0n) is 14.5. The van der Waals surface area contributed by atoms with E-state index in [1.807, 2.05) is 10.3 Å². The normalized spacial score (nSPS) is 26.5. The summed E-state index contributed by atoms with van der Waals surface area (Å²) in [6.07, 6.45) is 6.01. The Morgan fingerprint density at radius 1 is 1.19 bits per heavy atom. The number of ether oxygens (including phenoxy) is 1. The molecule has 136 valence electrons. The van der Waals surface area contributed by atoms with Crippen LogP contribution in [-0.4, -0.2) is 75.6 Å². The lowest BCUT2D eigenvalue weighted by atomic mass is 10.0. The molecule has 0 radical (unpaired) electrons. The fourth-order valence-electron chi connectivity index (χ4n) is 3.99. The number of piperazine rings is 1. The molecular formula is C18H21N5O2S. The molecule has 3 fully saturated rings. The number of hydrogen-bond donors (Lipinski definition) is 0. The fraction of sp³-hybridized carbons (Fsp3) is 0.556. The van der Waals surface area contributed by atoms with Gasteiger partial charge in [0.15, 0.2) is 10.8 Å². The van der Waals surface area contributed by atoms with Gasteiger partial charge in [-0.2, -0.15) is 0 Å². The summed E-state index contributed by atoms with van der Waals surface area (Å²) < 4.78 is 5.84. The Hall–Kier alpha value is -1.90. The van der Waals surface area contributed by atoms with Crippen LogP contribution in [0.25, 0.3) is 10.8 Å². The van der Waals surface area contributed by atoms with Crippen LogP contribution in [0.2, 0.25) is 0 Å². The van der Waals surface area contributed by atoms with E-state index in [9.17, 15) is 4.79 Å². The Morgan fingerprint density at radius 3 is 2.85 bits per heavy atom. The highest BCUT2D eigenvalue weighted by atomic mass is 32.1. The third kappa shape index (κ3) is 3.02. The summed E-state index contributed by atoms with van der Waals surface area (Å²) in [7, 11) is 0. The van der Waals surface area contributed by atoms with Crippen molar-refractivity contribution in [3.8, 4) is 10.8 Å². The van der Waals surface area contributed by atoms with Gasteiger partial charge in [-0.15, -0.1) is 11.3 Å². The SMILES string of the molecule is O=C(c1csc(-c2ncccn2)n1)N1CCN2[C@@H](COC[C@@H]2C2CC2)C1. The molecule has 3 aliphatic rings.